The first-order valence-corrected chi connectivity index (χ1v) is 7.49. The first-order chi connectivity index (χ1) is 8.61. The molecule has 2 nitrogen and oxygen atoms in total. The number of thioether (sulfide) groups is 1. The van der Waals surface area contributed by atoms with E-state index in [-0.39, 0.29) is 11.9 Å². The number of nitrogens with one attached hydrogen (secondary N) is 1. The molecule has 1 heterocycles. The molecular formula is C14H21FN2S. The Labute approximate surface area is 113 Å². The van der Waals surface area contributed by atoms with Gasteiger partial charge in [0.15, 0.2) is 0 Å². The average Bonchev–Trinajstić information content (AvgIpc) is 2.31. The molecule has 0 aromatic heterocycles. The predicted molar refractivity (Wildman–Crippen MR) is 76.7 cm³/mol. The quantitative estimate of drug-likeness (QED) is 0.906. The third-order valence-electron chi connectivity index (χ3n) is 3.56. The van der Waals surface area contributed by atoms with Crippen molar-refractivity contribution in [1.29, 1.82) is 0 Å². The van der Waals surface area contributed by atoms with Crippen LogP contribution in [0.1, 0.15) is 17.2 Å². The number of aryl methyl sites for hydroxylation is 1. The summed E-state index contributed by atoms with van der Waals surface area (Å²) >= 11 is 1.98. The minimum atomic E-state index is -0.142. The summed E-state index contributed by atoms with van der Waals surface area (Å²) in [6.45, 7) is 3.04. The molecule has 18 heavy (non-hydrogen) atoms. The van der Waals surface area contributed by atoms with Gasteiger partial charge in [0.1, 0.15) is 5.82 Å². The zero-order valence-electron chi connectivity index (χ0n) is 11.2. The fourth-order valence-corrected chi connectivity index (χ4v) is 3.85. The highest BCUT2D eigenvalue weighted by Gasteiger charge is 2.28. The molecule has 2 atom stereocenters. The minimum Gasteiger partial charge on any atom is -0.312 e. The first-order valence-electron chi connectivity index (χ1n) is 6.34. The van der Waals surface area contributed by atoms with Crippen LogP contribution in [0.4, 0.5) is 4.39 Å². The van der Waals surface area contributed by atoms with Gasteiger partial charge < -0.3 is 5.32 Å². The molecule has 1 aromatic rings. The number of benzene rings is 1. The lowest BCUT2D eigenvalue weighted by molar-refractivity contribution is 0.221. The minimum absolute atomic E-state index is 0.142. The van der Waals surface area contributed by atoms with Crippen molar-refractivity contribution in [2.45, 2.75) is 19.0 Å². The average molecular weight is 268 g/mol. The van der Waals surface area contributed by atoms with Crippen LogP contribution in [0.3, 0.4) is 0 Å². The Morgan fingerprint density at radius 1 is 1.44 bits per heavy atom. The van der Waals surface area contributed by atoms with Crippen LogP contribution in [0.15, 0.2) is 18.2 Å². The summed E-state index contributed by atoms with van der Waals surface area (Å²) < 4.78 is 13.5. The normalized spacial score (nSPS) is 23.0. The summed E-state index contributed by atoms with van der Waals surface area (Å²) in [6, 6.07) is 5.93. The van der Waals surface area contributed by atoms with Crippen LogP contribution < -0.4 is 5.32 Å². The zero-order chi connectivity index (χ0) is 13.1. The molecule has 0 aliphatic carbocycles. The van der Waals surface area contributed by atoms with Crippen molar-refractivity contribution in [1.82, 2.24) is 10.2 Å². The van der Waals surface area contributed by atoms with Gasteiger partial charge in [-0.05, 0) is 44.3 Å². The van der Waals surface area contributed by atoms with Gasteiger partial charge in [0.2, 0.25) is 0 Å². The van der Waals surface area contributed by atoms with E-state index in [9.17, 15) is 4.39 Å². The van der Waals surface area contributed by atoms with Crippen molar-refractivity contribution >= 4 is 11.8 Å². The second kappa shape index (κ2) is 6.04. The van der Waals surface area contributed by atoms with Crippen LogP contribution >= 0.6 is 11.8 Å². The van der Waals surface area contributed by atoms with Gasteiger partial charge in [-0.15, -0.1) is 0 Å². The fraction of sp³-hybridized carbons (Fsp3) is 0.571. The van der Waals surface area contributed by atoms with Crippen molar-refractivity contribution in [2.24, 2.45) is 0 Å². The summed E-state index contributed by atoms with van der Waals surface area (Å²) in [5.41, 5.74) is 2.03. The maximum Gasteiger partial charge on any atom is 0.123 e. The molecule has 2 unspecified atom stereocenters. The van der Waals surface area contributed by atoms with Crippen LogP contribution in [-0.2, 0) is 0 Å². The standard InChI is InChI=1S/C14H21FN2S/c1-10-6-11(8-12(15)7-10)14(16-2)13-9-18-5-4-17(13)3/h6-8,13-14,16H,4-5,9H2,1-3H3. The van der Waals surface area contributed by atoms with E-state index in [0.717, 1.165) is 23.4 Å². The SMILES string of the molecule is CNC(c1cc(C)cc(F)c1)C1CSCCN1C. The van der Waals surface area contributed by atoms with E-state index in [1.54, 1.807) is 12.1 Å². The van der Waals surface area contributed by atoms with Gasteiger partial charge in [0.25, 0.3) is 0 Å². The lowest BCUT2D eigenvalue weighted by Gasteiger charge is -2.38. The molecular weight excluding hydrogens is 247 g/mol. The topological polar surface area (TPSA) is 15.3 Å². The molecule has 0 radical (unpaired) electrons. The molecule has 1 aromatic carbocycles. The Bertz CT molecular complexity index is 391. The number of hydrogen-bond acceptors (Lipinski definition) is 3. The highest BCUT2D eigenvalue weighted by Crippen LogP contribution is 2.27. The Kier molecular flexibility index (Phi) is 4.65. The van der Waals surface area contributed by atoms with Crippen molar-refractivity contribution in [3.05, 3.63) is 35.1 Å². The Morgan fingerprint density at radius 3 is 2.83 bits per heavy atom. The zero-order valence-corrected chi connectivity index (χ0v) is 12.1. The van der Waals surface area contributed by atoms with Crippen LogP contribution in [0.25, 0.3) is 0 Å². The number of halogens is 1. The summed E-state index contributed by atoms with van der Waals surface area (Å²) in [6.07, 6.45) is 0. The van der Waals surface area contributed by atoms with E-state index in [4.69, 9.17) is 0 Å². The molecule has 0 bridgehead atoms. The Morgan fingerprint density at radius 2 is 2.22 bits per heavy atom. The molecule has 0 saturated carbocycles. The smallest absolute Gasteiger partial charge is 0.123 e. The molecule has 1 fully saturated rings. The van der Waals surface area contributed by atoms with Crippen molar-refractivity contribution in [2.75, 3.05) is 32.1 Å². The number of likely N-dealkylation sites (N-methyl/N-ethyl adjacent to an activating group) is 2. The van der Waals surface area contributed by atoms with Gasteiger partial charge in [-0.1, -0.05) is 6.07 Å². The molecule has 1 aliphatic heterocycles. The van der Waals surface area contributed by atoms with Gasteiger partial charge in [-0.3, -0.25) is 4.90 Å². The lowest BCUT2D eigenvalue weighted by atomic mass is 9.97. The number of nitrogens with zero attached hydrogens (tertiary/aromatic N) is 1. The summed E-state index contributed by atoms with van der Waals surface area (Å²) in [4.78, 5) is 2.37. The molecule has 1 saturated heterocycles. The van der Waals surface area contributed by atoms with Gasteiger partial charge in [-0.2, -0.15) is 11.8 Å². The van der Waals surface area contributed by atoms with Crippen molar-refractivity contribution in [3.63, 3.8) is 0 Å². The molecule has 1 N–H and O–H groups in total. The van der Waals surface area contributed by atoms with Crippen molar-refractivity contribution in [3.8, 4) is 0 Å². The molecule has 0 amide bonds. The summed E-state index contributed by atoms with van der Waals surface area (Å²) in [5, 5.41) is 3.35. The molecule has 2 rings (SSSR count). The Hall–Kier alpha value is -0.580. The molecule has 4 heteroatoms. The van der Waals surface area contributed by atoms with Gasteiger partial charge in [-0.25, -0.2) is 4.39 Å². The fourth-order valence-electron chi connectivity index (χ4n) is 2.58. The molecule has 0 spiro atoms. The summed E-state index contributed by atoms with van der Waals surface area (Å²) in [5.74, 6) is 2.14. The first kappa shape index (κ1) is 13.8. The maximum absolute atomic E-state index is 13.5. The Balaban J connectivity index is 2.26. The van der Waals surface area contributed by atoms with Gasteiger partial charge in [0, 0.05) is 30.1 Å². The highest BCUT2D eigenvalue weighted by atomic mass is 32.2. The van der Waals surface area contributed by atoms with Gasteiger partial charge in [0.05, 0.1) is 0 Å². The van der Waals surface area contributed by atoms with E-state index < -0.39 is 0 Å². The van der Waals surface area contributed by atoms with E-state index >= 15 is 0 Å². The van der Waals surface area contributed by atoms with E-state index in [2.05, 4.69) is 23.3 Å². The van der Waals surface area contributed by atoms with Crippen LogP contribution in [-0.4, -0.2) is 43.1 Å². The third-order valence-corrected chi connectivity index (χ3v) is 4.61. The third kappa shape index (κ3) is 3.05. The number of hydrogen-bond donors (Lipinski definition) is 1. The van der Waals surface area contributed by atoms with E-state index in [1.165, 1.54) is 5.75 Å². The highest BCUT2D eigenvalue weighted by molar-refractivity contribution is 7.99. The largest absolute Gasteiger partial charge is 0.312 e. The van der Waals surface area contributed by atoms with Crippen LogP contribution in [0.2, 0.25) is 0 Å². The van der Waals surface area contributed by atoms with Crippen LogP contribution in [0, 0.1) is 12.7 Å². The second-order valence-electron chi connectivity index (χ2n) is 4.95. The van der Waals surface area contributed by atoms with Crippen LogP contribution in [0.5, 0.6) is 0 Å². The predicted octanol–water partition coefficient (Wildman–Crippen LogP) is 2.44. The second-order valence-corrected chi connectivity index (χ2v) is 6.10. The van der Waals surface area contributed by atoms with Gasteiger partial charge >= 0.3 is 0 Å². The molecule has 1 aliphatic rings. The monoisotopic (exact) mass is 268 g/mol. The molecule has 100 valence electrons. The maximum atomic E-state index is 13.5. The van der Waals surface area contributed by atoms with E-state index in [0.29, 0.717) is 6.04 Å². The van der Waals surface area contributed by atoms with Crippen molar-refractivity contribution < 1.29 is 4.39 Å². The number of rotatable bonds is 3. The summed E-state index contributed by atoms with van der Waals surface area (Å²) in [7, 11) is 4.11. The lowest BCUT2D eigenvalue weighted by Crippen LogP contribution is -2.47. The van der Waals surface area contributed by atoms with E-state index in [1.807, 2.05) is 25.7 Å².